The van der Waals surface area contributed by atoms with Gasteiger partial charge in [0.2, 0.25) is 0 Å². The normalized spacial score (nSPS) is 11.2. The summed E-state index contributed by atoms with van der Waals surface area (Å²) < 4.78 is 5.40. The van der Waals surface area contributed by atoms with Gasteiger partial charge in [0, 0.05) is 10.9 Å². The molecule has 0 atom stereocenters. The summed E-state index contributed by atoms with van der Waals surface area (Å²) in [6.45, 7) is 0. The summed E-state index contributed by atoms with van der Waals surface area (Å²) in [7, 11) is 0. The first-order chi connectivity index (χ1) is 11.8. The van der Waals surface area contributed by atoms with Crippen molar-refractivity contribution in [2.45, 2.75) is 19.3 Å². The molecule has 0 saturated heterocycles. The van der Waals surface area contributed by atoms with Gasteiger partial charge in [0.05, 0.1) is 0 Å². The number of benzene rings is 3. The molecule has 0 N–H and O–H groups in total. The molecule has 0 bridgehead atoms. The predicted octanol–water partition coefficient (Wildman–Crippen LogP) is 5.12. The van der Waals surface area contributed by atoms with Crippen LogP contribution in [0, 0.1) is 0 Å². The lowest BCUT2D eigenvalue weighted by atomic mass is 10.0. The molecule has 4 aromatic rings. The van der Waals surface area contributed by atoms with Crippen molar-refractivity contribution in [3.63, 3.8) is 0 Å². The lowest BCUT2D eigenvalue weighted by Gasteiger charge is -2.05. The molecule has 2 heteroatoms. The number of para-hydroxylation sites is 1. The Morgan fingerprint density at radius 1 is 0.708 bits per heavy atom. The van der Waals surface area contributed by atoms with Crippen molar-refractivity contribution < 1.29 is 4.42 Å². The molecule has 0 spiro atoms. The lowest BCUT2D eigenvalue weighted by Crippen LogP contribution is -2.07. The van der Waals surface area contributed by atoms with Crippen molar-refractivity contribution >= 4 is 21.7 Å². The second-order valence-corrected chi connectivity index (χ2v) is 6.13. The van der Waals surface area contributed by atoms with E-state index in [1.54, 1.807) is 0 Å². The maximum absolute atomic E-state index is 12.1. The topological polar surface area (TPSA) is 30.2 Å². The predicted molar refractivity (Wildman–Crippen MR) is 98.5 cm³/mol. The van der Waals surface area contributed by atoms with E-state index in [0.29, 0.717) is 5.58 Å². The van der Waals surface area contributed by atoms with Crippen molar-refractivity contribution in [3.8, 4) is 0 Å². The third-order valence-corrected chi connectivity index (χ3v) is 4.44. The molecular weight excluding hydrogens is 296 g/mol. The molecule has 0 aliphatic heterocycles. The highest BCUT2D eigenvalue weighted by molar-refractivity contribution is 5.83. The highest BCUT2D eigenvalue weighted by atomic mass is 16.4. The largest absolute Gasteiger partial charge is 0.423 e. The molecule has 0 aliphatic carbocycles. The summed E-state index contributed by atoms with van der Waals surface area (Å²) in [5.41, 5.74) is 2.50. The fourth-order valence-corrected chi connectivity index (χ4v) is 3.16. The second-order valence-electron chi connectivity index (χ2n) is 6.13. The van der Waals surface area contributed by atoms with Crippen LogP contribution >= 0.6 is 0 Å². The van der Waals surface area contributed by atoms with E-state index in [9.17, 15) is 4.79 Å². The zero-order valence-electron chi connectivity index (χ0n) is 13.4. The van der Waals surface area contributed by atoms with E-state index >= 15 is 0 Å². The SMILES string of the molecule is O=c1oc2ccccc2cc1CCCc1ccc2ccccc2c1. The minimum Gasteiger partial charge on any atom is -0.423 e. The van der Waals surface area contributed by atoms with Crippen LogP contribution in [0.2, 0.25) is 0 Å². The van der Waals surface area contributed by atoms with Gasteiger partial charge in [-0.3, -0.25) is 0 Å². The highest BCUT2D eigenvalue weighted by Gasteiger charge is 2.05. The average molecular weight is 314 g/mol. The third kappa shape index (κ3) is 2.95. The molecular formula is C22H18O2. The molecule has 0 unspecified atom stereocenters. The fraction of sp³-hybridized carbons (Fsp3) is 0.136. The first kappa shape index (κ1) is 14.7. The first-order valence-electron chi connectivity index (χ1n) is 8.29. The van der Waals surface area contributed by atoms with E-state index in [0.717, 1.165) is 30.2 Å². The van der Waals surface area contributed by atoms with Crippen LogP contribution in [0.5, 0.6) is 0 Å². The summed E-state index contributed by atoms with van der Waals surface area (Å²) >= 11 is 0. The highest BCUT2D eigenvalue weighted by Crippen LogP contribution is 2.18. The number of hydrogen-bond acceptors (Lipinski definition) is 2. The Morgan fingerprint density at radius 2 is 1.46 bits per heavy atom. The Hall–Kier alpha value is -2.87. The first-order valence-corrected chi connectivity index (χ1v) is 8.29. The van der Waals surface area contributed by atoms with E-state index in [4.69, 9.17) is 4.42 Å². The van der Waals surface area contributed by atoms with E-state index in [2.05, 4.69) is 42.5 Å². The molecule has 24 heavy (non-hydrogen) atoms. The Bertz CT molecular complexity index is 1060. The zero-order valence-corrected chi connectivity index (χ0v) is 13.4. The van der Waals surface area contributed by atoms with Gasteiger partial charge in [0.25, 0.3) is 0 Å². The van der Waals surface area contributed by atoms with Gasteiger partial charge in [-0.05, 0) is 47.7 Å². The maximum Gasteiger partial charge on any atom is 0.339 e. The molecule has 3 aromatic carbocycles. The van der Waals surface area contributed by atoms with Crippen molar-refractivity contribution in [2.75, 3.05) is 0 Å². The fourth-order valence-electron chi connectivity index (χ4n) is 3.16. The van der Waals surface area contributed by atoms with E-state index in [1.807, 2.05) is 30.3 Å². The number of hydrogen-bond donors (Lipinski definition) is 0. The average Bonchev–Trinajstić information content (AvgIpc) is 2.62. The van der Waals surface area contributed by atoms with E-state index < -0.39 is 0 Å². The van der Waals surface area contributed by atoms with Gasteiger partial charge in [-0.1, -0.05) is 60.7 Å². The molecule has 118 valence electrons. The van der Waals surface area contributed by atoms with Gasteiger partial charge < -0.3 is 4.42 Å². The molecule has 2 nitrogen and oxygen atoms in total. The van der Waals surface area contributed by atoms with Crippen molar-refractivity contribution in [2.24, 2.45) is 0 Å². The smallest absolute Gasteiger partial charge is 0.339 e. The standard InChI is InChI=1S/C22H18O2/c23-22-20(15-19-9-3-4-11-21(19)24-22)10-5-6-16-12-13-17-7-1-2-8-18(17)14-16/h1-4,7-9,11-15H,5-6,10H2. The van der Waals surface area contributed by atoms with Crippen LogP contribution in [0.15, 0.2) is 82.0 Å². The summed E-state index contributed by atoms with van der Waals surface area (Å²) in [4.78, 5) is 12.1. The Morgan fingerprint density at radius 3 is 2.33 bits per heavy atom. The van der Waals surface area contributed by atoms with Gasteiger partial charge in [0.1, 0.15) is 5.58 Å². The van der Waals surface area contributed by atoms with Crippen molar-refractivity contribution in [1.29, 1.82) is 0 Å². The molecule has 0 saturated carbocycles. The molecule has 0 fully saturated rings. The number of fused-ring (bicyclic) bond motifs is 2. The third-order valence-electron chi connectivity index (χ3n) is 4.44. The molecule has 1 heterocycles. The Balaban J connectivity index is 1.50. The lowest BCUT2D eigenvalue weighted by molar-refractivity contribution is 0.548. The van der Waals surface area contributed by atoms with Crippen LogP contribution in [-0.4, -0.2) is 0 Å². The van der Waals surface area contributed by atoms with Crippen LogP contribution in [0.3, 0.4) is 0 Å². The summed E-state index contributed by atoms with van der Waals surface area (Å²) in [5, 5.41) is 3.51. The van der Waals surface area contributed by atoms with Gasteiger partial charge in [-0.15, -0.1) is 0 Å². The summed E-state index contributed by atoms with van der Waals surface area (Å²) in [6.07, 6.45) is 2.62. The van der Waals surface area contributed by atoms with Gasteiger partial charge in [0.15, 0.2) is 0 Å². The molecule has 4 rings (SSSR count). The Labute approximate surface area is 140 Å². The van der Waals surface area contributed by atoms with E-state index in [-0.39, 0.29) is 5.63 Å². The molecule has 0 amide bonds. The monoisotopic (exact) mass is 314 g/mol. The van der Waals surface area contributed by atoms with E-state index in [1.165, 1.54) is 16.3 Å². The number of rotatable bonds is 4. The summed E-state index contributed by atoms with van der Waals surface area (Å²) in [6, 6.07) is 24.6. The Kier molecular flexibility index (Phi) is 3.87. The second kappa shape index (κ2) is 6.32. The minimum absolute atomic E-state index is 0.216. The zero-order chi connectivity index (χ0) is 16.4. The number of aryl methyl sites for hydroxylation is 2. The quantitative estimate of drug-likeness (QED) is 0.489. The molecule has 0 aliphatic rings. The molecule has 0 radical (unpaired) electrons. The molecule has 1 aromatic heterocycles. The van der Waals surface area contributed by atoms with Crippen LogP contribution in [-0.2, 0) is 12.8 Å². The minimum atomic E-state index is -0.216. The van der Waals surface area contributed by atoms with Crippen LogP contribution in [0.25, 0.3) is 21.7 Å². The van der Waals surface area contributed by atoms with Crippen LogP contribution in [0.4, 0.5) is 0 Å². The van der Waals surface area contributed by atoms with Crippen LogP contribution in [0.1, 0.15) is 17.5 Å². The van der Waals surface area contributed by atoms with Gasteiger partial charge in [-0.25, -0.2) is 4.79 Å². The van der Waals surface area contributed by atoms with Crippen molar-refractivity contribution in [3.05, 3.63) is 94.3 Å². The van der Waals surface area contributed by atoms with Crippen molar-refractivity contribution in [1.82, 2.24) is 0 Å². The maximum atomic E-state index is 12.1. The van der Waals surface area contributed by atoms with Gasteiger partial charge >= 0.3 is 5.63 Å². The van der Waals surface area contributed by atoms with Crippen LogP contribution < -0.4 is 5.63 Å². The van der Waals surface area contributed by atoms with Gasteiger partial charge in [-0.2, -0.15) is 0 Å². The summed E-state index contributed by atoms with van der Waals surface area (Å²) in [5.74, 6) is 0.